The number of phenolic OH excluding ortho intramolecular Hbond substituents is 1. The Balaban J connectivity index is 1.94. The number of hydrogen-bond donors (Lipinski definition) is 4. The van der Waals surface area contributed by atoms with Crippen molar-refractivity contribution in [2.24, 2.45) is 5.92 Å². The molecule has 146 valence electrons. The Kier molecular flexibility index (Phi) is 5.79. The Hall–Kier alpha value is -3.13. The van der Waals surface area contributed by atoms with E-state index in [9.17, 15) is 14.3 Å². The number of anilines is 1. The summed E-state index contributed by atoms with van der Waals surface area (Å²) in [5, 5.41) is 18.8. The monoisotopic (exact) mass is 401 g/mol. The molecule has 6 nitrogen and oxygen atoms in total. The van der Waals surface area contributed by atoms with Crippen molar-refractivity contribution in [3.05, 3.63) is 66.1 Å². The number of halogens is 1. The van der Waals surface area contributed by atoms with Crippen LogP contribution in [0.15, 0.2) is 54.7 Å². The lowest BCUT2D eigenvalue weighted by Crippen LogP contribution is -2.51. The van der Waals surface area contributed by atoms with Gasteiger partial charge in [-0.15, -0.1) is 0 Å². The van der Waals surface area contributed by atoms with Crippen molar-refractivity contribution in [3.8, 4) is 11.5 Å². The number of phenols is 1. The molecule has 28 heavy (non-hydrogen) atoms. The normalized spacial score (nSPS) is 18.8. The van der Waals surface area contributed by atoms with Gasteiger partial charge in [-0.05, 0) is 49.0 Å². The Morgan fingerprint density at radius 1 is 1.36 bits per heavy atom. The van der Waals surface area contributed by atoms with Crippen molar-refractivity contribution < 1.29 is 19.0 Å². The second-order valence-corrected chi connectivity index (χ2v) is 6.62. The lowest BCUT2D eigenvalue weighted by molar-refractivity contribution is -0.119. The number of hydrogen-bond acceptors (Lipinski definition) is 4. The zero-order valence-corrected chi connectivity index (χ0v) is 16.0. The van der Waals surface area contributed by atoms with E-state index in [1.807, 2.05) is 0 Å². The number of amides is 1. The third-order valence-electron chi connectivity index (χ3n) is 4.33. The number of thiocarbonyl (C=S) groups is 1. The standard InChI is InChI=1S/C20H20FN3O3S/c1-3-27-16-10-12(8-9-15(16)25)18-17(11(2)22-20(28)24-18)19(26)23-14-7-5-4-6-13(14)21/h4-10,17-18,25H,2-3H2,1H3,(H,23,26)(H2,22,24,28)/t17-,18-/m0/s1. The first-order valence-electron chi connectivity index (χ1n) is 8.68. The van der Waals surface area contributed by atoms with Crippen LogP contribution in [0.4, 0.5) is 10.1 Å². The Morgan fingerprint density at radius 2 is 2.11 bits per heavy atom. The van der Waals surface area contributed by atoms with Crippen molar-refractivity contribution >= 4 is 28.9 Å². The number of aromatic hydroxyl groups is 1. The van der Waals surface area contributed by atoms with Crippen molar-refractivity contribution in [1.82, 2.24) is 10.6 Å². The molecule has 1 saturated heterocycles. The summed E-state index contributed by atoms with van der Waals surface area (Å²) in [6, 6.07) is 10.1. The van der Waals surface area contributed by atoms with E-state index in [-0.39, 0.29) is 11.4 Å². The predicted molar refractivity (Wildman–Crippen MR) is 109 cm³/mol. The summed E-state index contributed by atoms with van der Waals surface area (Å²) in [6.07, 6.45) is 0. The van der Waals surface area contributed by atoms with Crippen molar-refractivity contribution in [2.45, 2.75) is 13.0 Å². The SMILES string of the molecule is C=C1NC(=S)N[C@@H](c2ccc(O)c(OCC)c2)[C@H]1C(=O)Nc1ccccc1F. The van der Waals surface area contributed by atoms with Gasteiger partial charge in [-0.1, -0.05) is 24.8 Å². The van der Waals surface area contributed by atoms with Crippen LogP contribution in [-0.2, 0) is 4.79 Å². The van der Waals surface area contributed by atoms with E-state index < -0.39 is 23.7 Å². The summed E-state index contributed by atoms with van der Waals surface area (Å²) in [7, 11) is 0. The van der Waals surface area contributed by atoms with Crippen LogP contribution in [0.2, 0.25) is 0 Å². The molecule has 4 N–H and O–H groups in total. The molecule has 1 amide bonds. The van der Waals surface area contributed by atoms with Gasteiger partial charge in [0, 0.05) is 5.70 Å². The highest BCUT2D eigenvalue weighted by atomic mass is 32.1. The van der Waals surface area contributed by atoms with Crippen LogP contribution in [0, 0.1) is 11.7 Å². The third kappa shape index (κ3) is 4.07. The Labute approximate surface area is 167 Å². The molecule has 3 rings (SSSR count). The summed E-state index contributed by atoms with van der Waals surface area (Å²) < 4.78 is 19.4. The highest BCUT2D eigenvalue weighted by Crippen LogP contribution is 2.35. The highest BCUT2D eigenvalue weighted by Gasteiger charge is 2.37. The molecule has 0 aliphatic carbocycles. The highest BCUT2D eigenvalue weighted by molar-refractivity contribution is 7.80. The second kappa shape index (κ2) is 8.26. The van der Waals surface area contributed by atoms with Gasteiger partial charge in [0.05, 0.1) is 18.3 Å². The quantitative estimate of drug-likeness (QED) is 0.576. The minimum absolute atomic E-state index is 0.00621. The number of benzene rings is 2. The van der Waals surface area contributed by atoms with Crippen molar-refractivity contribution in [3.63, 3.8) is 0 Å². The van der Waals surface area contributed by atoms with Gasteiger partial charge in [-0.25, -0.2) is 4.39 Å². The van der Waals surface area contributed by atoms with Gasteiger partial charge in [-0.2, -0.15) is 0 Å². The van der Waals surface area contributed by atoms with Crippen LogP contribution in [0.5, 0.6) is 11.5 Å². The molecule has 2 aromatic carbocycles. The summed E-state index contributed by atoms with van der Waals surface area (Å²) in [4.78, 5) is 13.0. The van der Waals surface area contributed by atoms with Crippen LogP contribution in [0.25, 0.3) is 0 Å². The van der Waals surface area contributed by atoms with Gasteiger partial charge in [0.15, 0.2) is 16.6 Å². The van der Waals surface area contributed by atoms with Gasteiger partial charge in [0.1, 0.15) is 11.7 Å². The molecule has 0 saturated carbocycles. The van der Waals surface area contributed by atoms with E-state index in [4.69, 9.17) is 17.0 Å². The first-order valence-corrected chi connectivity index (χ1v) is 9.09. The zero-order chi connectivity index (χ0) is 20.3. The van der Waals surface area contributed by atoms with Gasteiger partial charge in [-0.3, -0.25) is 4.79 Å². The number of carbonyl (C=O) groups is 1. The van der Waals surface area contributed by atoms with Crippen LogP contribution in [0.3, 0.4) is 0 Å². The van der Waals surface area contributed by atoms with E-state index in [1.54, 1.807) is 31.2 Å². The maximum Gasteiger partial charge on any atom is 0.235 e. The zero-order valence-electron chi connectivity index (χ0n) is 15.2. The molecule has 0 spiro atoms. The number of carbonyl (C=O) groups excluding carboxylic acids is 1. The predicted octanol–water partition coefficient (Wildman–Crippen LogP) is 3.22. The largest absolute Gasteiger partial charge is 0.504 e. The van der Waals surface area contributed by atoms with Gasteiger partial charge < -0.3 is 25.8 Å². The average molecular weight is 401 g/mol. The van der Waals surface area contributed by atoms with E-state index in [2.05, 4.69) is 22.5 Å². The van der Waals surface area contributed by atoms with Gasteiger partial charge in [0.25, 0.3) is 0 Å². The van der Waals surface area contributed by atoms with E-state index in [1.165, 1.54) is 18.2 Å². The summed E-state index contributed by atoms with van der Waals surface area (Å²) in [5.41, 5.74) is 1.13. The topological polar surface area (TPSA) is 82.6 Å². The molecule has 1 aliphatic rings. The minimum atomic E-state index is -0.787. The maximum absolute atomic E-state index is 13.9. The van der Waals surface area contributed by atoms with E-state index in [0.29, 0.717) is 28.7 Å². The molecule has 0 unspecified atom stereocenters. The van der Waals surface area contributed by atoms with Crippen LogP contribution >= 0.6 is 12.2 Å². The number of ether oxygens (including phenoxy) is 1. The number of nitrogens with one attached hydrogen (secondary N) is 3. The van der Waals surface area contributed by atoms with Crippen LogP contribution < -0.4 is 20.7 Å². The van der Waals surface area contributed by atoms with E-state index in [0.717, 1.165) is 0 Å². The first-order chi connectivity index (χ1) is 13.4. The van der Waals surface area contributed by atoms with Crippen molar-refractivity contribution in [2.75, 3.05) is 11.9 Å². The number of rotatable bonds is 5. The molecule has 0 aromatic heterocycles. The summed E-state index contributed by atoms with van der Waals surface area (Å²) >= 11 is 5.20. The number of para-hydroxylation sites is 1. The molecule has 1 heterocycles. The molecule has 1 fully saturated rings. The molecular formula is C20H20FN3O3S. The van der Waals surface area contributed by atoms with Crippen LogP contribution in [-0.4, -0.2) is 22.7 Å². The van der Waals surface area contributed by atoms with Crippen LogP contribution in [0.1, 0.15) is 18.5 Å². The fourth-order valence-electron chi connectivity index (χ4n) is 3.04. The average Bonchev–Trinajstić information content (AvgIpc) is 2.65. The van der Waals surface area contributed by atoms with Gasteiger partial charge >= 0.3 is 0 Å². The van der Waals surface area contributed by atoms with Gasteiger partial charge in [0.2, 0.25) is 5.91 Å². The first kappa shape index (κ1) is 19.6. The molecule has 2 atom stereocenters. The van der Waals surface area contributed by atoms with E-state index >= 15 is 0 Å². The third-order valence-corrected chi connectivity index (χ3v) is 4.55. The Bertz CT molecular complexity index is 935. The molecule has 8 heteroatoms. The lowest BCUT2D eigenvalue weighted by atomic mass is 9.88. The molecule has 2 aromatic rings. The maximum atomic E-state index is 13.9. The molecule has 1 aliphatic heterocycles. The Morgan fingerprint density at radius 3 is 2.82 bits per heavy atom. The fourth-order valence-corrected chi connectivity index (χ4v) is 3.30. The summed E-state index contributed by atoms with van der Waals surface area (Å²) in [5.74, 6) is -1.48. The lowest BCUT2D eigenvalue weighted by Gasteiger charge is -2.35. The molecular weight excluding hydrogens is 381 g/mol. The summed E-state index contributed by atoms with van der Waals surface area (Å²) in [6.45, 7) is 6.09. The molecule has 0 radical (unpaired) electrons. The minimum Gasteiger partial charge on any atom is -0.504 e. The molecule has 0 bridgehead atoms. The second-order valence-electron chi connectivity index (χ2n) is 6.21. The fraction of sp³-hybridized carbons (Fsp3) is 0.200. The van der Waals surface area contributed by atoms with Crippen molar-refractivity contribution in [1.29, 1.82) is 0 Å². The smallest absolute Gasteiger partial charge is 0.235 e.